The molecule has 2 unspecified atom stereocenters. The second kappa shape index (κ2) is 3.94. The first-order valence-corrected chi connectivity index (χ1v) is 3.91. The lowest BCUT2D eigenvalue weighted by Gasteiger charge is -2.27. The number of hydrogen-bond donors (Lipinski definition) is 0. The van der Waals surface area contributed by atoms with Crippen LogP contribution < -0.4 is 0 Å². The van der Waals surface area contributed by atoms with E-state index < -0.39 is 0 Å². The van der Waals surface area contributed by atoms with Gasteiger partial charge in [-0.25, -0.2) is 0 Å². The van der Waals surface area contributed by atoms with E-state index in [9.17, 15) is 0 Å². The second-order valence-electron chi connectivity index (χ2n) is 3.06. The maximum absolute atomic E-state index is 5.33. The molecule has 0 saturated carbocycles. The molecule has 0 amide bonds. The van der Waals surface area contributed by atoms with E-state index in [1.165, 1.54) is 6.42 Å². The molecule has 0 aromatic rings. The summed E-state index contributed by atoms with van der Waals surface area (Å²) >= 11 is 0. The molecule has 0 bridgehead atoms. The fourth-order valence-electron chi connectivity index (χ4n) is 1.33. The topological polar surface area (TPSA) is 18.5 Å². The van der Waals surface area contributed by atoms with Crippen molar-refractivity contribution in [3.63, 3.8) is 0 Å². The first-order chi connectivity index (χ1) is 4.84. The summed E-state index contributed by atoms with van der Waals surface area (Å²) < 4.78 is 10.4. The minimum atomic E-state index is 0.624. The Labute approximate surface area is 62.5 Å². The smallest absolute Gasteiger partial charge is 0.0518 e. The molecule has 0 aromatic carbocycles. The van der Waals surface area contributed by atoms with Gasteiger partial charge in [-0.15, -0.1) is 0 Å². The van der Waals surface area contributed by atoms with Crippen LogP contribution >= 0.6 is 0 Å². The van der Waals surface area contributed by atoms with E-state index in [1.807, 2.05) is 0 Å². The minimum absolute atomic E-state index is 0.624. The molecule has 1 saturated heterocycles. The SMILES string of the molecule is COCC1COCCC1C. The predicted molar refractivity (Wildman–Crippen MR) is 40.0 cm³/mol. The number of ether oxygens (including phenoxy) is 2. The summed E-state index contributed by atoms with van der Waals surface area (Å²) in [6, 6.07) is 0. The van der Waals surface area contributed by atoms with Crippen LogP contribution in [0.25, 0.3) is 0 Å². The third kappa shape index (κ3) is 1.96. The van der Waals surface area contributed by atoms with Crippen LogP contribution in [-0.2, 0) is 9.47 Å². The molecule has 1 aliphatic rings. The maximum atomic E-state index is 5.33. The number of hydrogen-bond acceptors (Lipinski definition) is 2. The highest BCUT2D eigenvalue weighted by atomic mass is 16.5. The van der Waals surface area contributed by atoms with Crippen molar-refractivity contribution < 1.29 is 9.47 Å². The lowest BCUT2D eigenvalue weighted by molar-refractivity contribution is -0.0112. The van der Waals surface area contributed by atoms with Gasteiger partial charge in [0, 0.05) is 19.6 Å². The molecule has 2 atom stereocenters. The van der Waals surface area contributed by atoms with Gasteiger partial charge in [0.25, 0.3) is 0 Å². The van der Waals surface area contributed by atoms with E-state index in [2.05, 4.69) is 6.92 Å². The molecule has 0 N–H and O–H groups in total. The Morgan fingerprint density at radius 3 is 3.00 bits per heavy atom. The first kappa shape index (κ1) is 8.02. The van der Waals surface area contributed by atoms with Gasteiger partial charge >= 0.3 is 0 Å². The lowest BCUT2D eigenvalue weighted by Crippen LogP contribution is -2.28. The Kier molecular flexibility index (Phi) is 3.16. The zero-order valence-corrected chi connectivity index (χ0v) is 6.80. The third-order valence-corrected chi connectivity index (χ3v) is 2.23. The Morgan fingerprint density at radius 2 is 2.40 bits per heavy atom. The van der Waals surface area contributed by atoms with E-state index in [4.69, 9.17) is 9.47 Å². The molecule has 2 heteroatoms. The van der Waals surface area contributed by atoms with Crippen molar-refractivity contribution >= 4 is 0 Å². The van der Waals surface area contributed by atoms with E-state index in [0.717, 1.165) is 25.7 Å². The molecule has 0 radical (unpaired) electrons. The second-order valence-corrected chi connectivity index (χ2v) is 3.06. The van der Waals surface area contributed by atoms with Gasteiger partial charge in [0.1, 0.15) is 0 Å². The number of rotatable bonds is 2. The van der Waals surface area contributed by atoms with Gasteiger partial charge in [0.05, 0.1) is 13.2 Å². The standard InChI is InChI=1S/C8H16O2/c1-7-3-4-10-6-8(7)5-9-2/h7-8H,3-6H2,1-2H3. The summed E-state index contributed by atoms with van der Waals surface area (Å²) in [5.74, 6) is 1.40. The molecule has 0 aromatic heterocycles. The molecule has 1 fully saturated rings. The molecule has 0 aliphatic carbocycles. The van der Waals surface area contributed by atoms with Crippen molar-refractivity contribution in [3.05, 3.63) is 0 Å². The Morgan fingerprint density at radius 1 is 1.60 bits per heavy atom. The van der Waals surface area contributed by atoms with Crippen LogP contribution in [-0.4, -0.2) is 26.9 Å². The van der Waals surface area contributed by atoms with Crippen molar-refractivity contribution in [1.82, 2.24) is 0 Å². The van der Waals surface area contributed by atoms with Crippen LogP contribution in [0.2, 0.25) is 0 Å². The molecular formula is C8H16O2. The zero-order valence-electron chi connectivity index (χ0n) is 6.80. The summed E-state index contributed by atoms with van der Waals surface area (Å²) in [5.41, 5.74) is 0. The van der Waals surface area contributed by atoms with Gasteiger partial charge in [-0.05, 0) is 12.3 Å². The lowest BCUT2D eigenvalue weighted by atomic mass is 9.91. The molecule has 1 aliphatic heterocycles. The Hall–Kier alpha value is -0.0800. The summed E-state index contributed by atoms with van der Waals surface area (Å²) in [6.45, 7) is 4.93. The minimum Gasteiger partial charge on any atom is -0.384 e. The highest BCUT2D eigenvalue weighted by Gasteiger charge is 2.21. The molecule has 1 heterocycles. The summed E-state index contributed by atoms with van der Waals surface area (Å²) in [6.07, 6.45) is 1.19. The first-order valence-electron chi connectivity index (χ1n) is 3.91. The number of methoxy groups -OCH3 is 1. The van der Waals surface area contributed by atoms with Crippen molar-refractivity contribution in [2.24, 2.45) is 11.8 Å². The fraction of sp³-hybridized carbons (Fsp3) is 1.00. The van der Waals surface area contributed by atoms with E-state index in [0.29, 0.717) is 5.92 Å². The van der Waals surface area contributed by atoms with E-state index >= 15 is 0 Å². The highest BCUT2D eigenvalue weighted by Crippen LogP contribution is 2.20. The van der Waals surface area contributed by atoms with Gasteiger partial charge in [-0.1, -0.05) is 6.92 Å². The Bertz CT molecular complexity index is 91.3. The maximum Gasteiger partial charge on any atom is 0.0518 e. The van der Waals surface area contributed by atoms with E-state index in [1.54, 1.807) is 7.11 Å². The molecule has 0 spiro atoms. The van der Waals surface area contributed by atoms with Crippen LogP contribution in [0, 0.1) is 11.8 Å². The quantitative estimate of drug-likeness (QED) is 0.581. The van der Waals surface area contributed by atoms with Crippen molar-refractivity contribution in [1.29, 1.82) is 0 Å². The van der Waals surface area contributed by atoms with Gasteiger partial charge in [0.2, 0.25) is 0 Å². The molecule has 10 heavy (non-hydrogen) atoms. The van der Waals surface area contributed by atoms with Crippen LogP contribution in [0.15, 0.2) is 0 Å². The fourth-order valence-corrected chi connectivity index (χ4v) is 1.33. The summed E-state index contributed by atoms with van der Waals surface area (Å²) in [5, 5.41) is 0. The molecular weight excluding hydrogens is 128 g/mol. The highest BCUT2D eigenvalue weighted by molar-refractivity contribution is 4.69. The van der Waals surface area contributed by atoms with Crippen LogP contribution in [0.5, 0.6) is 0 Å². The van der Waals surface area contributed by atoms with Crippen molar-refractivity contribution in [2.45, 2.75) is 13.3 Å². The van der Waals surface area contributed by atoms with Gasteiger partial charge in [0.15, 0.2) is 0 Å². The monoisotopic (exact) mass is 144 g/mol. The van der Waals surface area contributed by atoms with E-state index in [-0.39, 0.29) is 0 Å². The summed E-state index contributed by atoms with van der Waals surface area (Å²) in [7, 11) is 1.75. The Balaban J connectivity index is 2.25. The third-order valence-electron chi connectivity index (χ3n) is 2.23. The summed E-state index contributed by atoms with van der Waals surface area (Å²) in [4.78, 5) is 0. The molecule has 2 nitrogen and oxygen atoms in total. The zero-order chi connectivity index (χ0) is 7.40. The normalized spacial score (nSPS) is 34.2. The van der Waals surface area contributed by atoms with Gasteiger partial charge < -0.3 is 9.47 Å². The molecule has 60 valence electrons. The van der Waals surface area contributed by atoms with Gasteiger partial charge in [-0.3, -0.25) is 0 Å². The van der Waals surface area contributed by atoms with Gasteiger partial charge in [-0.2, -0.15) is 0 Å². The van der Waals surface area contributed by atoms with Crippen molar-refractivity contribution in [2.75, 3.05) is 26.9 Å². The predicted octanol–water partition coefficient (Wildman–Crippen LogP) is 1.31. The van der Waals surface area contributed by atoms with Crippen LogP contribution in [0.1, 0.15) is 13.3 Å². The van der Waals surface area contributed by atoms with Crippen molar-refractivity contribution in [3.8, 4) is 0 Å². The average Bonchev–Trinajstić information content (AvgIpc) is 1.94. The molecule has 1 rings (SSSR count). The average molecular weight is 144 g/mol. The largest absolute Gasteiger partial charge is 0.384 e. The van der Waals surface area contributed by atoms with Crippen LogP contribution in [0.3, 0.4) is 0 Å². The van der Waals surface area contributed by atoms with Crippen LogP contribution in [0.4, 0.5) is 0 Å².